The molecule has 6 heteroatoms. The quantitative estimate of drug-likeness (QED) is 0.857. The van der Waals surface area contributed by atoms with Crippen LogP contribution in [0.4, 0.5) is 4.39 Å². The number of alkyl halides is 1. The Labute approximate surface area is 135 Å². The van der Waals surface area contributed by atoms with Gasteiger partial charge in [-0.2, -0.15) is 0 Å². The Morgan fingerprint density at radius 1 is 1.39 bits per heavy atom. The van der Waals surface area contributed by atoms with Crippen LogP contribution in [0, 0.1) is 0 Å². The van der Waals surface area contributed by atoms with Crippen molar-refractivity contribution in [2.75, 3.05) is 33.4 Å². The summed E-state index contributed by atoms with van der Waals surface area (Å²) in [6, 6.07) is 5.44. The lowest BCUT2D eigenvalue weighted by Crippen LogP contribution is -2.40. The third kappa shape index (κ3) is 3.64. The van der Waals surface area contributed by atoms with E-state index in [1.165, 1.54) is 6.08 Å². The van der Waals surface area contributed by atoms with E-state index in [0.29, 0.717) is 37.7 Å². The molecule has 2 atom stereocenters. The number of nitrogens with zero attached hydrogens (tertiary/aromatic N) is 1. The van der Waals surface area contributed by atoms with Crippen molar-refractivity contribution in [1.82, 2.24) is 10.2 Å². The molecule has 0 saturated carbocycles. The van der Waals surface area contributed by atoms with Crippen LogP contribution in [-0.2, 0) is 4.79 Å². The number of ether oxygens (including phenoxy) is 2. The molecule has 0 aromatic heterocycles. The number of likely N-dealkylation sites (tertiary alicyclic amines) is 1. The fourth-order valence-electron chi connectivity index (χ4n) is 2.99. The number of fused-ring (bicyclic) bond motifs is 1. The summed E-state index contributed by atoms with van der Waals surface area (Å²) in [6.07, 6.45) is 2.67. The molecule has 0 bridgehead atoms. The van der Waals surface area contributed by atoms with Crippen LogP contribution in [0.25, 0.3) is 6.08 Å². The minimum atomic E-state index is -0.944. The van der Waals surface area contributed by atoms with Crippen LogP contribution in [-0.4, -0.2) is 56.4 Å². The summed E-state index contributed by atoms with van der Waals surface area (Å²) < 4.78 is 24.6. The van der Waals surface area contributed by atoms with E-state index in [9.17, 15) is 9.18 Å². The average molecular weight is 320 g/mol. The van der Waals surface area contributed by atoms with Crippen molar-refractivity contribution in [1.29, 1.82) is 0 Å². The predicted octanol–water partition coefficient (Wildman–Crippen LogP) is 1.63. The van der Waals surface area contributed by atoms with Crippen LogP contribution >= 0.6 is 0 Å². The van der Waals surface area contributed by atoms with Gasteiger partial charge in [0.05, 0.1) is 6.54 Å². The largest absolute Gasteiger partial charge is 0.486 e. The minimum Gasteiger partial charge on any atom is -0.486 e. The van der Waals surface area contributed by atoms with Crippen LogP contribution in [0.5, 0.6) is 11.5 Å². The van der Waals surface area contributed by atoms with Crippen molar-refractivity contribution in [2.45, 2.75) is 18.6 Å². The number of rotatable bonds is 4. The molecule has 23 heavy (non-hydrogen) atoms. The Morgan fingerprint density at radius 3 is 2.96 bits per heavy atom. The first-order valence-electron chi connectivity index (χ1n) is 7.84. The SMILES string of the molecule is CNC[C@@H]1C[C@H](F)CN1C(=O)/C=C/c1ccc2c(c1)OCCO2. The highest BCUT2D eigenvalue weighted by molar-refractivity contribution is 5.92. The number of carbonyl (C=O) groups excluding carboxylic acids is 1. The van der Waals surface area contributed by atoms with Crippen molar-refractivity contribution in [3.63, 3.8) is 0 Å². The third-order valence-corrected chi connectivity index (χ3v) is 4.07. The number of carbonyl (C=O) groups is 1. The lowest BCUT2D eigenvalue weighted by atomic mass is 10.1. The van der Waals surface area contributed by atoms with Gasteiger partial charge in [0.2, 0.25) is 5.91 Å². The number of likely N-dealkylation sites (N-methyl/N-ethyl adjacent to an activating group) is 1. The second-order valence-corrected chi connectivity index (χ2v) is 5.77. The predicted molar refractivity (Wildman–Crippen MR) is 85.4 cm³/mol. The van der Waals surface area contributed by atoms with Crippen molar-refractivity contribution < 1.29 is 18.7 Å². The number of amides is 1. The summed E-state index contributed by atoms with van der Waals surface area (Å²) in [6.45, 7) is 1.84. The minimum absolute atomic E-state index is 0.0904. The molecule has 0 aliphatic carbocycles. The molecular weight excluding hydrogens is 299 g/mol. The van der Waals surface area contributed by atoms with Crippen LogP contribution in [0.15, 0.2) is 24.3 Å². The summed E-state index contributed by atoms with van der Waals surface area (Å²) in [5, 5.41) is 3.01. The van der Waals surface area contributed by atoms with Crippen LogP contribution in [0.1, 0.15) is 12.0 Å². The van der Waals surface area contributed by atoms with Crippen molar-refractivity contribution >= 4 is 12.0 Å². The molecule has 124 valence electrons. The zero-order chi connectivity index (χ0) is 16.2. The first-order valence-corrected chi connectivity index (χ1v) is 7.84. The van der Waals surface area contributed by atoms with E-state index in [-0.39, 0.29) is 18.5 Å². The van der Waals surface area contributed by atoms with Crippen LogP contribution in [0.3, 0.4) is 0 Å². The number of benzene rings is 1. The lowest BCUT2D eigenvalue weighted by Gasteiger charge is -2.22. The highest BCUT2D eigenvalue weighted by Crippen LogP contribution is 2.31. The maximum atomic E-state index is 13.6. The van der Waals surface area contributed by atoms with Gasteiger partial charge in [0.1, 0.15) is 19.4 Å². The smallest absolute Gasteiger partial charge is 0.246 e. The zero-order valence-electron chi connectivity index (χ0n) is 13.1. The molecule has 2 aliphatic rings. The van der Waals surface area contributed by atoms with Crippen LogP contribution < -0.4 is 14.8 Å². The molecule has 1 fully saturated rings. The van der Waals surface area contributed by atoms with Gasteiger partial charge < -0.3 is 19.7 Å². The molecule has 2 heterocycles. The first-order chi connectivity index (χ1) is 11.2. The molecule has 0 radical (unpaired) electrons. The van der Waals surface area contributed by atoms with Gasteiger partial charge in [-0.25, -0.2) is 4.39 Å². The topological polar surface area (TPSA) is 50.8 Å². The Bertz CT molecular complexity index is 606. The highest BCUT2D eigenvalue weighted by atomic mass is 19.1. The van der Waals surface area contributed by atoms with Gasteiger partial charge in [0, 0.05) is 25.1 Å². The van der Waals surface area contributed by atoms with E-state index in [1.807, 2.05) is 18.2 Å². The van der Waals surface area contributed by atoms with Crippen molar-refractivity contribution in [2.24, 2.45) is 0 Å². The van der Waals surface area contributed by atoms with Gasteiger partial charge in [-0.1, -0.05) is 6.07 Å². The Balaban J connectivity index is 1.68. The first kappa shape index (κ1) is 15.8. The van der Waals surface area contributed by atoms with Crippen molar-refractivity contribution in [3.8, 4) is 11.5 Å². The normalized spacial score (nSPS) is 23.5. The molecule has 1 aromatic rings. The lowest BCUT2D eigenvalue weighted by molar-refractivity contribution is -0.126. The summed E-state index contributed by atoms with van der Waals surface area (Å²) in [5.41, 5.74) is 0.851. The highest BCUT2D eigenvalue weighted by Gasteiger charge is 2.33. The average Bonchev–Trinajstić information content (AvgIpc) is 2.93. The van der Waals surface area contributed by atoms with Gasteiger partial charge in [0.25, 0.3) is 0 Å². The third-order valence-electron chi connectivity index (χ3n) is 4.07. The molecule has 0 spiro atoms. The van der Waals surface area contributed by atoms with Crippen molar-refractivity contribution in [3.05, 3.63) is 29.8 Å². The fourth-order valence-corrected chi connectivity index (χ4v) is 2.99. The van der Waals surface area contributed by atoms with Gasteiger partial charge in [0.15, 0.2) is 11.5 Å². The second kappa shape index (κ2) is 7.00. The molecule has 1 amide bonds. The Hall–Kier alpha value is -2.08. The summed E-state index contributed by atoms with van der Waals surface area (Å²) in [5.74, 6) is 1.23. The van der Waals surface area contributed by atoms with E-state index in [0.717, 1.165) is 5.56 Å². The standard InChI is InChI=1S/C17H21FN2O3/c1-19-10-14-9-13(18)11-20(14)17(21)5-3-12-2-4-15-16(8-12)23-7-6-22-15/h2-5,8,13-14,19H,6-7,9-11H2,1H3/b5-3+/t13-,14-/m0/s1. The van der Waals surface area contributed by atoms with E-state index < -0.39 is 6.17 Å². The number of hydrogen-bond acceptors (Lipinski definition) is 4. The summed E-state index contributed by atoms with van der Waals surface area (Å²) >= 11 is 0. The van der Waals surface area contributed by atoms with Crippen LogP contribution in [0.2, 0.25) is 0 Å². The summed E-state index contributed by atoms with van der Waals surface area (Å²) in [4.78, 5) is 13.9. The summed E-state index contributed by atoms with van der Waals surface area (Å²) in [7, 11) is 1.80. The van der Waals surface area contributed by atoms with Gasteiger partial charge >= 0.3 is 0 Å². The Morgan fingerprint density at radius 2 is 2.17 bits per heavy atom. The maximum Gasteiger partial charge on any atom is 0.246 e. The van der Waals surface area contributed by atoms with E-state index in [2.05, 4.69) is 5.32 Å². The molecule has 0 unspecified atom stereocenters. The van der Waals surface area contributed by atoms with E-state index in [4.69, 9.17) is 9.47 Å². The zero-order valence-corrected chi connectivity index (χ0v) is 13.1. The fraction of sp³-hybridized carbons (Fsp3) is 0.471. The maximum absolute atomic E-state index is 13.6. The molecule has 3 rings (SSSR count). The monoisotopic (exact) mass is 320 g/mol. The molecule has 1 saturated heterocycles. The molecule has 5 nitrogen and oxygen atoms in total. The van der Waals surface area contributed by atoms with E-state index >= 15 is 0 Å². The van der Waals surface area contributed by atoms with E-state index in [1.54, 1.807) is 18.0 Å². The molecular formula is C17H21FN2O3. The number of nitrogens with one attached hydrogen (secondary N) is 1. The molecule has 2 aliphatic heterocycles. The van der Waals surface area contributed by atoms with Gasteiger partial charge in [-0.15, -0.1) is 0 Å². The molecule has 1 aromatic carbocycles. The molecule has 1 N–H and O–H groups in total. The van der Waals surface area contributed by atoms with Gasteiger partial charge in [-0.3, -0.25) is 4.79 Å². The van der Waals surface area contributed by atoms with Gasteiger partial charge in [-0.05, 0) is 30.8 Å². The number of halogens is 1. The second-order valence-electron chi connectivity index (χ2n) is 5.77. The Kier molecular flexibility index (Phi) is 4.81. The number of hydrogen-bond donors (Lipinski definition) is 1.